The second kappa shape index (κ2) is 8.51. The van der Waals surface area contributed by atoms with E-state index in [1.165, 1.54) is 17.4 Å². The van der Waals surface area contributed by atoms with Crippen molar-refractivity contribution in [2.45, 2.75) is 6.92 Å². The molecule has 0 unspecified atom stereocenters. The molecule has 0 radical (unpaired) electrons. The number of hydrogen-bond acceptors (Lipinski definition) is 5. The molecule has 0 N–H and O–H groups in total. The standard InChI is InChI=1S/C21H20N2O3S/c1-15-14-27-21(22-15)23(17-7-5-4-6-8-17)20(24)12-10-16-9-11-18(25-2)13-19(16)26-3/h4-14H,1-3H3/b12-10+. The monoisotopic (exact) mass is 380 g/mol. The maximum absolute atomic E-state index is 13.0. The van der Waals surface area contributed by atoms with Gasteiger partial charge in [-0.1, -0.05) is 18.2 Å². The zero-order valence-electron chi connectivity index (χ0n) is 15.4. The molecule has 2 aromatic carbocycles. The first kappa shape index (κ1) is 18.7. The highest BCUT2D eigenvalue weighted by Gasteiger charge is 2.18. The molecule has 1 amide bonds. The van der Waals surface area contributed by atoms with E-state index in [0.29, 0.717) is 16.6 Å². The largest absolute Gasteiger partial charge is 0.497 e. The van der Waals surface area contributed by atoms with Crippen LogP contribution in [0.3, 0.4) is 0 Å². The predicted octanol–water partition coefficient (Wildman–Crippen LogP) is 4.85. The van der Waals surface area contributed by atoms with E-state index in [1.54, 1.807) is 31.3 Å². The maximum atomic E-state index is 13.0. The molecule has 0 fully saturated rings. The van der Waals surface area contributed by atoms with Gasteiger partial charge in [0.05, 0.1) is 25.6 Å². The summed E-state index contributed by atoms with van der Waals surface area (Å²) in [4.78, 5) is 19.1. The molecule has 3 rings (SSSR count). The lowest BCUT2D eigenvalue weighted by atomic mass is 10.1. The van der Waals surface area contributed by atoms with E-state index in [2.05, 4.69) is 4.98 Å². The summed E-state index contributed by atoms with van der Waals surface area (Å²) in [5.41, 5.74) is 2.43. The van der Waals surface area contributed by atoms with E-state index in [4.69, 9.17) is 9.47 Å². The fraction of sp³-hybridized carbons (Fsp3) is 0.143. The molecule has 0 spiro atoms. The Labute approximate surface area is 162 Å². The van der Waals surface area contributed by atoms with Crippen LogP contribution in [0.15, 0.2) is 60.0 Å². The fourth-order valence-electron chi connectivity index (χ4n) is 2.55. The van der Waals surface area contributed by atoms with Gasteiger partial charge < -0.3 is 9.47 Å². The molecule has 0 bridgehead atoms. The number of amides is 1. The predicted molar refractivity (Wildman–Crippen MR) is 109 cm³/mol. The Morgan fingerprint density at radius 2 is 1.89 bits per heavy atom. The minimum absolute atomic E-state index is 0.187. The van der Waals surface area contributed by atoms with Gasteiger partial charge >= 0.3 is 0 Å². The topological polar surface area (TPSA) is 51.7 Å². The molecule has 138 valence electrons. The van der Waals surface area contributed by atoms with Crippen LogP contribution >= 0.6 is 11.3 Å². The lowest BCUT2D eigenvalue weighted by Crippen LogP contribution is -2.23. The third-order valence-corrected chi connectivity index (χ3v) is 4.82. The Morgan fingerprint density at radius 1 is 1.11 bits per heavy atom. The highest BCUT2D eigenvalue weighted by atomic mass is 32.1. The third-order valence-electron chi connectivity index (χ3n) is 3.88. The van der Waals surface area contributed by atoms with Crippen molar-refractivity contribution in [1.29, 1.82) is 0 Å². The number of aromatic nitrogens is 1. The van der Waals surface area contributed by atoms with Gasteiger partial charge in [0.2, 0.25) is 0 Å². The fourth-order valence-corrected chi connectivity index (χ4v) is 3.37. The van der Waals surface area contributed by atoms with Crippen LogP contribution in [0.1, 0.15) is 11.3 Å². The molecule has 0 atom stereocenters. The van der Waals surface area contributed by atoms with Gasteiger partial charge in [0.25, 0.3) is 5.91 Å². The maximum Gasteiger partial charge on any atom is 0.257 e. The number of thiazole rings is 1. The van der Waals surface area contributed by atoms with Gasteiger partial charge in [0.1, 0.15) is 11.5 Å². The van der Waals surface area contributed by atoms with E-state index >= 15 is 0 Å². The molecule has 1 heterocycles. The van der Waals surface area contributed by atoms with Gasteiger partial charge in [-0.3, -0.25) is 9.69 Å². The van der Waals surface area contributed by atoms with Crippen molar-refractivity contribution in [2.75, 3.05) is 19.1 Å². The Hall–Kier alpha value is -3.12. The highest BCUT2D eigenvalue weighted by molar-refractivity contribution is 7.14. The number of para-hydroxylation sites is 1. The SMILES string of the molecule is COc1ccc(/C=C/C(=O)N(c2ccccc2)c2nc(C)cs2)c(OC)c1. The first-order valence-electron chi connectivity index (χ1n) is 8.33. The number of ether oxygens (including phenoxy) is 2. The molecular weight excluding hydrogens is 360 g/mol. The molecule has 0 saturated carbocycles. The summed E-state index contributed by atoms with van der Waals surface area (Å²) in [6.07, 6.45) is 3.26. The summed E-state index contributed by atoms with van der Waals surface area (Å²) in [6, 6.07) is 14.9. The van der Waals surface area contributed by atoms with Crippen LogP contribution in [0, 0.1) is 6.92 Å². The number of methoxy groups -OCH3 is 2. The van der Waals surface area contributed by atoms with Crippen LogP contribution in [0.4, 0.5) is 10.8 Å². The lowest BCUT2D eigenvalue weighted by molar-refractivity contribution is -0.113. The van der Waals surface area contributed by atoms with E-state index < -0.39 is 0 Å². The second-order valence-corrected chi connectivity index (χ2v) is 6.56. The Kier molecular flexibility index (Phi) is 5.88. The van der Waals surface area contributed by atoms with Gasteiger partial charge in [-0.25, -0.2) is 4.98 Å². The first-order chi connectivity index (χ1) is 13.1. The van der Waals surface area contributed by atoms with Crippen molar-refractivity contribution in [3.05, 3.63) is 71.2 Å². The number of anilines is 2. The van der Waals surface area contributed by atoms with Crippen LogP contribution < -0.4 is 14.4 Å². The van der Waals surface area contributed by atoms with Gasteiger partial charge in [0.15, 0.2) is 5.13 Å². The first-order valence-corrected chi connectivity index (χ1v) is 9.21. The average molecular weight is 380 g/mol. The van der Waals surface area contributed by atoms with Crippen molar-refractivity contribution in [1.82, 2.24) is 4.98 Å². The summed E-state index contributed by atoms with van der Waals surface area (Å²) in [6.45, 7) is 1.91. The summed E-state index contributed by atoms with van der Waals surface area (Å²) in [5.74, 6) is 1.14. The molecule has 0 saturated heterocycles. The molecule has 0 aliphatic carbocycles. The zero-order chi connectivity index (χ0) is 19.2. The molecular formula is C21H20N2O3S. The van der Waals surface area contributed by atoms with E-state index in [0.717, 1.165) is 16.9 Å². The van der Waals surface area contributed by atoms with Crippen molar-refractivity contribution >= 4 is 34.1 Å². The smallest absolute Gasteiger partial charge is 0.257 e. The van der Waals surface area contributed by atoms with E-state index in [1.807, 2.05) is 54.8 Å². The number of aryl methyl sites for hydroxylation is 1. The minimum atomic E-state index is -0.187. The Bertz CT molecular complexity index is 951. The second-order valence-electron chi connectivity index (χ2n) is 5.72. The van der Waals surface area contributed by atoms with Crippen LogP contribution in [0.25, 0.3) is 6.08 Å². The van der Waals surface area contributed by atoms with Crippen molar-refractivity contribution in [3.8, 4) is 11.5 Å². The molecule has 5 nitrogen and oxygen atoms in total. The van der Waals surface area contributed by atoms with Crippen molar-refractivity contribution < 1.29 is 14.3 Å². The van der Waals surface area contributed by atoms with Crippen LogP contribution in [-0.2, 0) is 4.79 Å². The van der Waals surface area contributed by atoms with Crippen molar-refractivity contribution in [2.24, 2.45) is 0 Å². The number of benzene rings is 2. The number of hydrogen-bond donors (Lipinski definition) is 0. The minimum Gasteiger partial charge on any atom is -0.497 e. The van der Waals surface area contributed by atoms with Crippen LogP contribution in [0.2, 0.25) is 0 Å². The van der Waals surface area contributed by atoms with Crippen LogP contribution in [-0.4, -0.2) is 25.1 Å². The highest BCUT2D eigenvalue weighted by Crippen LogP contribution is 2.30. The van der Waals surface area contributed by atoms with Gasteiger partial charge in [0, 0.05) is 23.1 Å². The van der Waals surface area contributed by atoms with Gasteiger partial charge in [-0.15, -0.1) is 11.3 Å². The lowest BCUT2D eigenvalue weighted by Gasteiger charge is -2.18. The number of rotatable bonds is 6. The quantitative estimate of drug-likeness (QED) is 0.574. The summed E-state index contributed by atoms with van der Waals surface area (Å²) >= 11 is 1.43. The number of carbonyl (C=O) groups is 1. The zero-order valence-corrected chi connectivity index (χ0v) is 16.2. The van der Waals surface area contributed by atoms with E-state index in [9.17, 15) is 4.79 Å². The molecule has 0 aliphatic rings. The summed E-state index contributed by atoms with van der Waals surface area (Å²) < 4.78 is 10.6. The van der Waals surface area contributed by atoms with Crippen molar-refractivity contribution in [3.63, 3.8) is 0 Å². The normalized spacial score (nSPS) is 10.8. The van der Waals surface area contributed by atoms with Crippen LogP contribution in [0.5, 0.6) is 11.5 Å². The van der Waals surface area contributed by atoms with Gasteiger partial charge in [-0.05, 0) is 37.3 Å². The van der Waals surface area contributed by atoms with E-state index in [-0.39, 0.29) is 5.91 Å². The third kappa shape index (κ3) is 4.35. The average Bonchev–Trinajstić information content (AvgIpc) is 3.13. The molecule has 3 aromatic rings. The Balaban J connectivity index is 1.92. The van der Waals surface area contributed by atoms with Gasteiger partial charge in [-0.2, -0.15) is 0 Å². The Morgan fingerprint density at radius 3 is 2.52 bits per heavy atom. The molecule has 6 heteroatoms. The molecule has 27 heavy (non-hydrogen) atoms. The number of nitrogens with zero attached hydrogens (tertiary/aromatic N) is 2. The number of carbonyl (C=O) groups excluding carboxylic acids is 1. The molecule has 1 aromatic heterocycles. The molecule has 0 aliphatic heterocycles. The summed E-state index contributed by atoms with van der Waals surface area (Å²) in [7, 11) is 3.18. The summed E-state index contributed by atoms with van der Waals surface area (Å²) in [5, 5.41) is 2.56.